The first kappa shape index (κ1) is 20.3. The number of carbonyl (C=O) groups excluding carboxylic acids is 1. The first-order chi connectivity index (χ1) is 13.1. The highest BCUT2D eigenvalue weighted by Crippen LogP contribution is 2.22. The van der Waals surface area contributed by atoms with Crippen LogP contribution >= 0.6 is 0 Å². The summed E-state index contributed by atoms with van der Waals surface area (Å²) in [7, 11) is 0. The van der Waals surface area contributed by atoms with Crippen molar-refractivity contribution in [3.05, 3.63) is 72.6 Å². The number of unbranched alkanes of at least 4 members (excludes halogenated alkanes) is 2. The highest BCUT2D eigenvalue weighted by atomic mass is 16.4. The molecule has 1 aromatic heterocycles. The summed E-state index contributed by atoms with van der Waals surface area (Å²) in [6.45, 7) is 3.19. The molecule has 0 aliphatic heterocycles. The molecule has 140 valence electrons. The third kappa shape index (κ3) is 7.02. The number of aromatic nitrogens is 2. The third-order valence-corrected chi connectivity index (χ3v) is 4.02. The molecule has 0 N–H and O–H groups in total. The maximum atomic E-state index is 8.89. The molecule has 4 heteroatoms. The van der Waals surface area contributed by atoms with E-state index in [0.717, 1.165) is 24.7 Å². The van der Waals surface area contributed by atoms with E-state index in [4.69, 9.17) is 9.90 Å². The minimum absolute atomic E-state index is 0.795. The Labute approximate surface area is 161 Å². The number of nitrogens with zero attached hydrogens (tertiary/aromatic N) is 2. The largest absolute Gasteiger partial charge is 0.550 e. The first-order valence-corrected chi connectivity index (χ1v) is 9.24. The number of aliphatic carboxylic acids is 1. The van der Waals surface area contributed by atoms with E-state index in [0.29, 0.717) is 0 Å². The fraction of sp³-hybridized carbons (Fsp3) is 0.261. The topological polar surface area (TPSA) is 65.9 Å². The second-order valence-electron chi connectivity index (χ2n) is 6.31. The van der Waals surface area contributed by atoms with Crippen molar-refractivity contribution in [1.82, 2.24) is 9.97 Å². The molecule has 0 atom stereocenters. The zero-order valence-electron chi connectivity index (χ0n) is 15.9. The normalized spacial score (nSPS) is 10.0. The molecule has 1 heterocycles. The van der Waals surface area contributed by atoms with Crippen LogP contribution in [0.2, 0.25) is 0 Å². The molecule has 0 unspecified atom stereocenters. The second kappa shape index (κ2) is 10.9. The Morgan fingerprint density at radius 1 is 0.852 bits per heavy atom. The second-order valence-corrected chi connectivity index (χ2v) is 6.31. The van der Waals surface area contributed by atoms with E-state index in [9.17, 15) is 0 Å². The van der Waals surface area contributed by atoms with E-state index < -0.39 is 5.97 Å². The van der Waals surface area contributed by atoms with Crippen molar-refractivity contribution in [1.29, 1.82) is 0 Å². The van der Waals surface area contributed by atoms with E-state index in [1.54, 1.807) is 0 Å². The smallest absolute Gasteiger partial charge is 0.159 e. The van der Waals surface area contributed by atoms with Gasteiger partial charge in [-0.25, -0.2) is 9.97 Å². The van der Waals surface area contributed by atoms with Gasteiger partial charge in [-0.3, -0.25) is 0 Å². The van der Waals surface area contributed by atoms with Crippen molar-refractivity contribution >= 4 is 5.97 Å². The zero-order valence-corrected chi connectivity index (χ0v) is 15.9. The Bertz CT molecular complexity index is 809. The number of carbonyl (C=O) groups is 1. The quantitative estimate of drug-likeness (QED) is 0.614. The van der Waals surface area contributed by atoms with Crippen LogP contribution in [-0.2, 0) is 11.2 Å². The highest BCUT2D eigenvalue weighted by molar-refractivity contribution is 5.67. The molecule has 0 saturated carbocycles. The predicted octanol–water partition coefficient (Wildman–Crippen LogP) is 4.30. The van der Waals surface area contributed by atoms with Crippen molar-refractivity contribution < 1.29 is 9.90 Å². The van der Waals surface area contributed by atoms with Crippen LogP contribution in [-0.4, -0.2) is 15.9 Å². The van der Waals surface area contributed by atoms with Gasteiger partial charge in [0.25, 0.3) is 0 Å². The summed E-state index contributed by atoms with van der Waals surface area (Å²) in [5.41, 5.74) is 4.73. The maximum absolute atomic E-state index is 8.89. The van der Waals surface area contributed by atoms with Crippen LogP contribution in [0.3, 0.4) is 0 Å². The summed E-state index contributed by atoms with van der Waals surface area (Å²) in [5, 5.41) is 8.89. The minimum atomic E-state index is -1.08. The highest BCUT2D eigenvalue weighted by Gasteiger charge is 2.03. The van der Waals surface area contributed by atoms with Gasteiger partial charge in [0, 0.05) is 23.9 Å². The van der Waals surface area contributed by atoms with Crippen LogP contribution in [0, 0.1) is 0 Å². The molecule has 0 spiro atoms. The van der Waals surface area contributed by atoms with Crippen molar-refractivity contribution in [3.8, 4) is 22.5 Å². The lowest BCUT2D eigenvalue weighted by Gasteiger charge is -2.05. The molecular weight excluding hydrogens is 336 g/mol. The molecule has 0 bridgehead atoms. The van der Waals surface area contributed by atoms with Gasteiger partial charge < -0.3 is 9.90 Å². The van der Waals surface area contributed by atoms with Gasteiger partial charge in [0.1, 0.15) is 0 Å². The lowest BCUT2D eigenvalue weighted by atomic mass is 10.0. The van der Waals surface area contributed by atoms with Gasteiger partial charge in [-0.1, -0.05) is 74.4 Å². The van der Waals surface area contributed by atoms with Crippen LogP contribution in [0.4, 0.5) is 0 Å². The molecule has 3 aromatic rings. The van der Waals surface area contributed by atoms with Crippen LogP contribution in [0.5, 0.6) is 0 Å². The molecule has 27 heavy (non-hydrogen) atoms. The Balaban J connectivity index is 0.000000596. The molecular formula is C23H25N2O2-. The van der Waals surface area contributed by atoms with E-state index in [1.807, 2.05) is 18.5 Å². The number of carboxylic acid groups (broad SMARTS) is 1. The van der Waals surface area contributed by atoms with Crippen LogP contribution in [0.25, 0.3) is 22.5 Å². The Kier molecular flexibility index (Phi) is 8.17. The molecule has 0 amide bonds. The predicted molar refractivity (Wildman–Crippen MR) is 107 cm³/mol. The molecule has 2 aromatic carbocycles. The summed E-state index contributed by atoms with van der Waals surface area (Å²) in [4.78, 5) is 17.9. The number of rotatable bonds is 6. The Morgan fingerprint density at radius 3 is 1.93 bits per heavy atom. The van der Waals surface area contributed by atoms with Crippen LogP contribution < -0.4 is 5.11 Å². The SMILES string of the molecule is CC(=O)[O-].CCCCCc1cnc(-c2ccc(-c3ccccc3)cc2)nc1. The number of hydrogen-bond donors (Lipinski definition) is 0. The van der Waals surface area contributed by atoms with Gasteiger partial charge in [-0.2, -0.15) is 0 Å². The molecule has 0 fully saturated rings. The third-order valence-electron chi connectivity index (χ3n) is 4.02. The molecule has 0 aliphatic rings. The molecule has 0 radical (unpaired) electrons. The van der Waals surface area contributed by atoms with Crippen molar-refractivity contribution in [2.24, 2.45) is 0 Å². The van der Waals surface area contributed by atoms with Gasteiger partial charge in [0.15, 0.2) is 5.82 Å². The van der Waals surface area contributed by atoms with E-state index in [2.05, 4.69) is 65.4 Å². The van der Waals surface area contributed by atoms with E-state index in [-0.39, 0.29) is 0 Å². The summed E-state index contributed by atoms with van der Waals surface area (Å²) < 4.78 is 0. The van der Waals surface area contributed by atoms with Crippen LogP contribution in [0.15, 0.2) is 67.0 Å². The monoisotopic (exact) mass is 361 g/mol. The Morgan fingerprint density at radius 2 is 1.37 bits per heavy atom. The number of aryl methyl sites for hydroxylation is 1. The zero-order chi connectivity index (χ0) is 19.5. The lowest BCUT2D eigenvalue weighted by Crippen LogP contribution is -2.16. The van der Waals surface area contributed by atoms with Gasteiger partial charge >= 0.3 is 0 Å². The van der Waals surface area contributed by atoms with Gasteiger partial charge in [0.05, 0.1) is 0 Å². The minimum Gasteiger partial charge on any atom is -0.550 e. The first-order valence-electron chi connectivity index (χ1n) is 9.24. The standard InChI is InChI=1S/C21H22N2.C2H4O2/c1-2-3-5-8-17-15-22-21(23-16-17)20-13-11-19(12-14-20)18-9-6-4-7-10-18;1-2(3)4/h4,6-7,9-16H,2-3,5,8H2,1H3;1H3,(H,3,4)/p-1. The summed E-state index contributed by atoms with van der Waals surface area (Å²) >= 11 is 0. The summed E-state index contributed by atoms with van der Waals surface area (Å²) in [5.74, 6) is -0.288. The van der Waals surface area contributed by atoms with Gasteiger partial charge in [-0.05, 0) is 36.5 Å². The number of benzene rings is 2. The van der Waals surface area contributed by atoms with Crippen molar-refractivity contribution in [2.45, 2.75) is 39.5 Å². The maximum Gasteiger partial charge on any atom is 0.159 e. The molecule has 4 nitrogen and oxygen atoms in total. The fourth-order valence-corrected chi connectivity index (χ4v) is 2.65. The number of carboxylic acids is 1. The summed E-state index contributed by atoms with van der Waals surface area (Å²) in [6.07, 6.45) is 8.72. The van der Waals surface area contributed by atoms with E-state index in [1.165, 1.54) is 36.0 Å². The van der Waals surface area contributed by atoms with Gasteiger partial charge in [-0.15, -0.1) is 0 Å². The van der Waals surface area contributed by atoms with Crippen molar-refractivity contribution in [3.63, 3.8) is 0 Å². The molecule has 0 aliphatic carbocycles. The average Bonchev–Trinajstić information content (AvgIpc) is 2.69. The lowest BCUT2D eigenvalue weighted by molar-refractivity contribution is -0.302. The molecule has 0 saturated heterocycles. The summed E-state index contributed by atoms with van der Waals surface area (Å²) in [6, 6.07) is 18.8. The Hall–Kier alpha value is -3.01. The number of hydrogen-bond acceptors (Lipinski definition) is 4. The fourth-order valence-electron chi connectivity index (χ4n) is 2.65. The van der Waals surface area contributed by atoms with Gasteiger partial charge in [0.2, 0.25) is 0 Å². The average molecular weight is 361 g/mol. The molecule has 3 rings (SSSR count). The van der Waals surface area contributed by atoms with E-state index >= 15 is 0 Å². The van der Waals surface area contributed by atoms with Crippen molar-refractivity contribution in [2.75, 3.05) is 0 Å². The van der Waals surface area contributed by atoms with Crippen LogP contribution in [0.1, 0.15) is 38.7 Å².